The number of esters is 2. The van der Waals surface area contributed by atoms with Crippen molar-refractivity contribution in [2.24, 2.45) is 0 Å². The zero-order chi connectivity index (χ0) is 20.4. The Labute approximate surface area is 167 Å². The Bertz CT molecular complexity index is 1200. The molecule has 6 heteroatoms. The summed E-state index contributed by atoms with van der Waals surface area (Å²) in [6.45, 7) is 0. The number of carbonyl (C=O) groups excluding carboxylic acids is 2. The summed E-state index contributed by atoms with van der Waals surface area (Å²) in [6, 6.07) is 19.5. The SMILES string of the molecule is COC(=O)c1c(-c2ccc(-c3ccccc3)cc2)cc2nccn2c1C(=O)OC. The highest BCUT2D eigenvalue weighted by Crippen LogP contribution is 2.31. The van der Waals surface area contributed by atoms with Crippen molar-refractivity contribution < 1.29 is 19.1 Å². The van der Waals surface area contributed by atoms with Gasteiger partial charge in [-0.25, -0.2) is 14.6 Å². The highest BCUT2D eigenvalue weighted by atomic mass is 16.5. The second kappa shape index (κ2) is 7.59. The normalized spacial score (nSPS) is 10.7. The largest absolute Gasteiger partial charge is 0.465 e. The van der Waals surface area contributed by atoms with Gasteiger partial charge in [-0.2, -0.15) is 0 Å². The van der Waals surface area contributed by atoms with Crippen LogP contribution in [-0.2, 0) is 9.47 Å². The third kappa shape index (κ3) is 3.25. The van der Waals surface area contributed by atoms with E-state index in [0.29, 0.717) is 11.2 Å². The molecule has 0 saturated carbocycles. The molecular formula is C23H18N2O4. The number of nitrogens with zero attached hydrogens (tertiary/aromatic N) is 2. The maximum absolute atomic E-state index is 12.6. The summed E-state index contributed by atoms with van der Waals surface area (Å²) in [5.74, 6) is -1.26. The van der Waals surface area contributed by atoms with Crippen molar-refractivity contribution in [1.29, 1.82) is 0 Å². The van der Waals surface area contributed by atoms with Gasteiger partial charge in [-0.05, 0) is 22.8 Å². The van der Waals surface area contributed by atoms with E-state index in [-0.39, 0.29) is 11.3 Å². The molecule has 144 valence electrons. The minimum Gasteiger partial charge on any atom is -0.465 e. The van der Waals surface area contributed by atoms with Gasteiger partial charge >= 0.3 is 11.9 Å². The van der Waals surface area contributed by atoms with E-state index < -0.39 is 11.9 Å². The van der Waals surface area contributed by atoms with Crippen LogP contribution in [0.3, 0.4) is 0 Å². The fraction of sp³-hybridized carbons (Fsp3) is 0.0870. The number of hydrogen-bond acceptors (Lipinski definition) is 5. The Morgan fingerprint density at radius 3 is 2.10 bits per heavy atom. The molecule has 0 aliphatic heterocycles. The molecule has 4 rings (SSSR count). The number of methoxy groups -OCH3 is 2. The van der Waals surface area contributed by atoms with E-state index in [1.54, 1.807) is 18.5 Å². The number of fused-ring (bicyclic) bond motifs is 1. The van der Waals surface area contributed by atoms with E-state index in [1.165, 1.54) is 18.6 Å². The Kier molecular flexibility index (Phi) is 4.83. The molecule has 29 heavy (non-hydrogen) atoms. The lowest BCUT2D eigenvalue weighted by molar-refractivity contribution is 0.0549. The number of pyridine rings is 1. The van der Waals surface area contributed by atoms with Crippen LogP contribution in [0, 0.1) is 0 Å². The van der Waals surface area contributed by atoms with Gasteiger partial charge in [0.2, 0.25) is 0 Å². The van der Waals surface area contributed by atoms with Crippen LogP contribution in [0.5, 0.6) is 0 Å². The third-order valence-corrected chi connectivity index (χ3v) is 4.76. The van der Waals surface area contributed by atoms with Crippen LogP contribution in [0.1, 0.15) is 20.8 Å². The number of imidazole rings is 1. The van der Waals surface area contributed by atoms with Crippen molar-refractivity contribution in [3.8, 4) is 22.3 Å². The van der Waals surface area contributed by atoms with Gasteiger partial charge in [-0.15, -0.1) is 0 Å². The highest BCUT2D eigenvalue weighted by Gasteiger charge is 2.27. The van der Waals surface area contributed by atoms with Crippen LogP contribution in [-0.4, -0.2) is 35.5 Å². The molecular weight excluding hydrogens is 368 g/mol. The van der Waals surface area contributed by atoms with Crippen molar-refractivity contribution in [3.05, 3.63) is 84.3 Å². The molecule has 0 aliphatic carbocycles. The smallest absolute Gasteiger partial charge is 0.356 e. The summed E-state index contributed by atoms with van der Waals surface area (Å²) in [5.41, 5.74) is 4.19. The quantitative estimate of drug-likeness (QED) is 0.491. The molecule has 2 aromatic heterocycles. The lowest BCUT2D eigenvalue weighted by Crippen LogP contribution is -2.17. The average Bonchev–Trinajstić information content (AvgIpc) is 3.26. The van der Waals surface area contributed by atoms with Crippen molar-refractivity contribution in [2.45, 2.75) is 0 Å². The molecule has 0 radical (unpaired) electrons. The lowest BCUT2D eigenvalue weighted by Gasteiger charge is -2.15. The Balaban J connectivity index is 1.93. The van der Waals surface area contributed by atoms with Gasteiger partial charge in [0.25, 0.3) is 0 Å². The Hall–Kier alpha value is -3.93. The molecule has 0 fully saturated rings. The number of ether oxygens (including phenoxy) is 2. The molecule has 0 aliphatic rings. The zero-order valence-corrected chi connectivity index (χ0v) is 16.0. The number of rotatable bonds is 4. The van der Waals surface area contributed by atoms with Crippen LogP contribution in [0.25, 0.3) is 27.9 Å². The predicted octanol–water partition coefficient (Wildman–Crippen LogP) is 4.24. The first kappa shape index (κ1) is 18.4. The first-order valence-electron chi connectivity index (χ1n) is 8.96. The van der Waals surface area contributed by atoms with Gasteiger partial charge < -0.3 is 9.47 Å². The second-order valence-electron chi connectivity index (χ2n) is 6.36. The maximum atomic E-state index is 12.6. The van der Waals surface area contributed by atoms with E-state index >= 15 is 0 Å². The molecule has 6 nitrogen and oxygen atoms in total. The van der Waals surface area contributed by atoms with Gasteiger partial charge in [-0.3, -0.25) is 4.40 Å². The van der Waals surface area contributed by atoms with Gasteiger partial charge in [0, 0.05) is 18.0 Å². The highest BCUT2D eigenvalue weighted by molar-refractivity contribution is 6.07. The van der Waals surface area contributed by atoms with E-state index in [4.69, 9.17) is 9.47 Å². The molecule has 0 saturated heterocycles. The third-order valence-electron chi connectivity index (χ3n) is 4.76. The van der Waals surface area contributed by atoms with Crippen LogP contribution in [0.2, 0.25) is 0 Å². The van der Waals surface area contributed by atoms with E-state index in [1.807, 2.05) is 54.6 Å². The summed E-state index contributed by atoms with van der Waals surface area (Å²) >= 11 is 0. The monoisotopic (exact) mass is 386 g/mol. The van der Waals surface area contributed by atoms with Gasteiger partial charge in [0.1, 0.15) is 11.3 Å². The first-order chi connectivity index (χ1) is 14.1. The van der Waals surface area contributed by atoms with Crippen molar-refractivity contribution in [3.63, 3.8) is 0 Å². The first-order valence-corrected chi connectivity index (χ1v) is 8.96. The van der Waals surface area contributed by atoms with E-state index in [2.05, 4.69) is 4.98 Å². The molecule has 0 spiro atoms. The molecule has 0 unspecified atom stereocenters. The lowest BCUT2D eigenvalue weighted by atomic mass is 9.96. The molecule has 0 amide bonds. The summed E-state index contributed by atoms with van der Waals surface area (Å²) < 4.78 is 11.4. The number of benzene rings is 2. The molecule has 2 aromatic carbocycles. The summed E-state index contributed by atoms with van der Waals surface area (Å²) in [4.78, 5) is 29.4. The molecule has 0 N–H and O–H groups in total. The predicted molar refractivity (Wildman–Crippen MR) is 109 cm³/mol. The van der Waals surface area contributed by atoms with Crippen molar-refractivity contribution >= 4 is 17.6 Å². The fourth-order valence-corrected chi connectivity index (χ4v) is 3.37. The van der Waals surface area contributed by atoms with E-state index in [9.17, 15) is 9.59 Å². The summed E-state index contributed by atoms with van der Waals surface area (Å²) in [6.07, 6.45) is 3.17. The van der Waals surface area contributed by atoms with Gasteiger partial charge in [0.05, 0.1) is 19.8 Å². The molecule has 4 aromatic rings. The van der Waals surface area contributed by atoms with Gasteiger partial charge in [-0.1, -0.05) is 54.6 Å². The molecule has 2 heterocycles. The van der Waals surface area contributed by atoms with Crippen LogP contribution in [0.4, 0.5) is 0 Å². The summed E-state index contributed by atoms with van der Waals surface area (Å²) in [5, 5.41) is 0. The standard InChI is InChI=1S/C23H18N2O4/c1-28-22(26)20-18(14-19-24-12-13-25(19)21(20)23(27)29-2)17-10-8-16(9-11-17)15-6-4-3-5-7-15/h3-14H,1-2H3. The topological polar surface area (TPSA) is 69.9 Å². The van der Waals surface area contributed by atoms with Crippen LogP contribution >= 0.6 is 0 Å². The zero-order valence-electron chi connectivity index (χ0n) is 16.0. The fourth-order valence-electron chi connectivity index (χ4n) is 3.37. The number of hydrogen-bond donors (Lipinski definition) is 0. The molecule has 0 bridgehead atoms. The Morgan fingerprint density at radius 2 is 1.45 bits per heavy atom. The Morgan fingerprint density at radius 1 is 0.828 bits per heavy atom. The minimum absolute atomic E-state index is 0.0801. The maximum Gasteiger partial charge on any atom is 0.356 e. The van der Waals surface area contributed by atoms with Crippen LogP contribution < -0.4 is 0 Å². The number of aromatic nitrogens is 2. The van der Waals surface area contributed by atoms with E-state index in [0.717, 1.165) is 16.7 Å². The van der Waals surface area contributed by atoms with Crippen molar-refractivity contribution in [2.75, 3.05) is 14.2 Å². The summed E-state index contributed by atoms with van der Waals surface area (Å²) in [7, 11) is 2.55. The minimum atomic E-state index is -0.642. The van der Waals surface area contributed by atoms with Crippen molar-refractivity contribution in [1.82, 2.24) is 9.38 Å². The average molecular weight is 386 g/mol. The second-order valence-corrected chi connectivity index (χ2v) is 6.36. The van der Waals surface area contributed by atoms with Crippen LogP contribution in [0.15, 0.2) is 73.1 Å². The van der Waals surface area contributed by atoms with Gasteiger partial charge in [0.15, 0.2) is 0 Å². The number of carbonyl (C=O) groups is 2. The molecule has 0 atom stereocenters.